The Balaban J connectivity index is 1.72. The van der Waals surface area contributed by atoms with Gasteiger partial charge in [-0.05, 0) is 18.6 Å². The average molecular weight is 244 g/mol. The van der Waals surface area contributed by atoms with Crippen molar-refractivity contribution in [3.8, 4) is 0 Å². The van der Waals surface area contributed by atoms with Crippen LogP contribution in [0, 0.1) is 0 Å². The van der Waals surface area contributed by atoms with E-state index in [1.54, 1.807) is 0 Å². The lowest BCUT2D eigenvalue weighted by Gasteiger charge is -2.37. The minimum atomic E-state index is 0.0783. The van der Waals surface area contributed by atoms with E-state index in [1.165, 1.54) is 0 Å². The van der Waals surface area contributed by atoms with E-state index in [0.29, 0.717) is 26.1 Å². The first-order valence-corrected chi connectivity index (χ1v) is 6.39. The molecule has 0 N–H and O–H groups in total. The lowest BCUT2D eigenvalue weighted by atomic mass is 10.1. The zero-order chi connectivity index (χ0) is 12.5. The van der Waals surface area contributed by atoms with Gasteiger partial charge in [0.05, 0.1) is 0 Å². The van der Waals surface area contributed by atoms with Crippen LogP contribution in [0.3, 0.4) is 0 Å². The number of carbonyl (C=O) groups is 2. The van der Waals surface area contributed by atoms with Crippen molar-refractivity contribution in [2.24, 2.45) is 0 Å². The Kier molecular flexibility index (Phi) is 2.78. The number of amides is 2. The van der Waals surface area contributed by atoms with E-state index in [4.69, 9.17) is 0 Å². The molecule has 3 rings (SSSR count). The van der Waals surface area contributed by atoms with E-state index < -0.39 is 0 Å². The molecule has 0 aromatic heterocycles. The van der Waals surface area contributed by atoms with Crippen molar-refractivity contribution in [3.05, 3.63) is 35.9 Å². The summed E-state index contributed by atoms with van der Waals surface area (Å²) in [6, 6.07) is 9.58. The van der Waals surface area contributed by atoms with Gasteiger partial charge in [0.15, 0.2) is 0 Å². The summed E-state index contributed by atoms with van der Waals surface area (Å²) in [5, 5.41) is 0. The van der Waals surface area contributed by atoms with E-state index >= 15 is 0 Å². The number of carbonyl (C=O) groups excluding carboxylic acids is 2. The van der Waals surface area contributed by atoms with Gasteiger partial charge in [0, 0.05) is 37.7 Å². The van der Waals surface area contributed by atoms with E-state index in [1.807, 2.05) is 40.1 Å². The summed E-state index contributed by atoms with van der Waals surface area (Å²) < 4.78 is 0. The topological polar surface area (TPSA) is 40.6 Å². The standard InChI is InChI=1S/C14H16N2O2/c17-13-7-6-12-10-15(8-9-16(12)13)14(18)11-4-2-1-3-5-11/h1-5,12H,6-10H2/t12-/m1/s1. The number of hydrogen-bond donors (Lipinski definition) is 0. The van der Waals surface area contributed by atoms with Crippen LogP contribution < -0.4 is 0 Å². The zero-order valence-corrected chi connectivity index (χ0v) is 10.2. The number of fused-ring (bicyclic) bond motifs is 1. The second kappa shape index (κ2) is 4.44. The molecule has 1 atom stereocenters. The smallest absolute Gasteiger partial charge is 0.253 e. The molecule has 0 spiro atoms. The van der Waals surface area contributed by atoms with Crippen LogP contribution in [-0.4, -0.2) is 47.3 Å². The molecule has 1 aromatic carbocycles. The summed E-state index contributed by atoms with van der Waals surface area (Å²) in [6.45, 7) is 2.01. The third-order valence-corrected chi connectivity index (χ3v) is 3.80. The Labute approximate surface area is 106 Å². The van der Waals surface area contributed by atoms with Crippen molar-refractivity contribution in [2.75, 3.05) is 19.6 Å². The minimum Gasteiger partial charge on any atom is -0.336 e. The van der Waals surface area contributed by atoms with Gasteiger partial charge >= 0.3 is 0 Å². The molecular weight excluding hydrogens is 228 g/mol. The van der Waals surface area contributed by atoms with Crippen molar-refractivity contribution in [3.63, 3.8) is 0 Å². The fourth-order valence-corrected chi connectivity index (χ4v) is 2.81. The molecule has 2 aliphatic rings. The van der Waals surface area contributed by atoms with Crippen molar-refractivity contribution in [1.29, 1.82) is 0 Å². The first kappa shape index (κ1) is 11.3. The van der Waals surface area contributed by atoms with Gasteiger partial charge < -0.3 is 9.80 Å². The van der Waals surface area contributed by atoms with Crippen LogP contribution in [0.15, 0.2) is 30.3 Å². The fraction of sp³-hybridized carbons (Fsp3) is 0.429. The average Bonchev–Trinajstić information content (AvgIpc) is 2.80. The quantitative estimate of drug-likeness (QED) is 0.743. The highest BCUT2D eigenvalue weighted by molar-refractivity contribution is 5.94. The largest absolute Gasteiger partial charge is 0.336 e. The summed E-state index contributed by atoms with van der Waals surface area (Å²) in [4.78, 5) is 27.7. The van der Waals surface area contributed by atoms with Crippen molar-refractivity contribution in [2.45, 2.75) is 18.9 Å². The van der Waals surface area contributed by atoms with Gasteiger partial charge in [0.2, 0.25) is 5.91 Å². The SMILES string of the molecule is O=C(c1ccccc1)N1CCN2C(=O)CC[C@@H]2C1. The van der Waals surface area contributed by atoms with Crippen molar-refractivity contribution < 1.29 is 9.59 Å². The molecule has 1 aromatic rings. The third kappa shape index (κ3) is 1.88. The zero-order valence-electron chi connectivity index (χ0n) is 10.2. The van der Waals surface area contributed by atoms with E-state index in [2.05, 4.69) is 0 Å². The molecule has 4 nitrogen and oxygen atoms in total. The monoisotopic (exact) mass is 244 g/mol. The second-order valence-corrected chi connectivity index (χ2v) is 4.90. The molecule has 0 saturated carbocycles. The minimum absolute atomic E-state index is 0.0783. The van der Waals surface area contributed by atoms with Crippen LogP contribution in [0.1, 0.15) is 23.2 Å². The predicted octanol–water partition coefficient (Wildman–Crippen LogP) is 1.13. The molecule has 2 heterocycles. The molecule has 2 amide bonds. The third-order valence-electron chi connectivity index (χ3n) is 3.80. The van der Waals surface area contributed by atoms with Crippen molar-refractivity contribution in [1.82, 2.24) is 9.80 Å². The summed E-state index contributed by atoms with van der Waals surface area (Å²) in [7, 11) is 0. The van der Waals surface area contributed by atoms with Gasteiger partial charge in [-0.2, -0.15) is 0 Å². The summed E-state index contributed by atoms with van der Waals surface area (Å²) in [6.07, 6.45) is 1.52. The highest BCUT2D eigenvalue weighted by Crippen LogP contribution is 2.23. The van der Waals surface area contributed by atoms with Crippen LogP contribution in [0.25, 0.3) is 0 Å². The molecule has 18 heavy (non-hydrogen) atoms. The van der Waals surface area contributed by atoms with Gasteiger partial charge in [0.1, 0.15) is 0 Å². The van der Waals surface area contributed by atoms with E-state index in [9.17, 15) is 9.59 Å². The van der Waals surface area contributed by atoms with Crippen molar-refractivity contribution >= 4 is 11.8 Å². The molecule has 2 saturated heterocycles. The molecule has 0 aliphatic carbocycles. The molecule has 0 unspecified atom stereocenters. The summed E-state index contributed by atoms with van der Waals surface area (Å²) >= 11 is 0. The summed E-state index contributed by atoms with van der Waals surface area (Å²) in [5.74, 6) is 0.321. The Morgan fingerprint density at radius 2 is 1.94 bits per heavy atom. The Morgan fingerprint density at radius 3 is 2.72 bits per heavy atom. The van der Waals surface area contributed by atoms with Crippen LogP contribution in [0.5, 0.6) is 0 Å². The maximum atomic E-state index is 12.3. The molecule has 0 bridgehead atoms. The van der Waals surface area contributed by atoms with Gasteiger partial charge in [0.25, 0.3) is 5.91 Å². The lowest BCUT2D eigenvalue weighted by Crippen LogP contribution is -2.53. The van der Waals surface area contributed by atoms with Gasteiger partial charge in [-0.25, -0.2) is 0 Å². The number of hydrogen-bond acceptors (Lipinski definition) is 2. The predicted molar refractivity (Wildman–Crippen MR) is 67.1 cm³/mol. The van der Waals surface area contributed by atoms with Gasteiger partial charge in [-0.1, -0.05) is 18.2 Å². The molecule has 0 radical (unpaired) electrons. The maximum absolute atomic E-state index is 12.3. The molecule has 2 aliphatic heterocycles. The summed E-state index contributed by atoms with van der Waals surface area (Å²) in [5.41, 5.74) is 0.732. The first-order valence-electron chi connectivity index (χ1n) is 6.39. The normalized spacial score (nSPS) is 23.1. The van der Waals surface area contributed by atoms with Crippen LogP contribution >= 0.6 is 0 Å². The van der Waals surface area contributed by atoms with Gasteiger partial charge in [-0.15, -0.1) is 0 Å². The molecule has 94 valence electrons. The van der Waals surface area contributed by atoms with E-state index in [-0.39, 0.29) is 17.9 Å². The number of piperazine rings is 1. The Hall–Kier alpha value is -1.84. The van der Waals surface area contributed by atoms with Crippen LogP contribution in [-0.2, 0) is 4.79 Å². The first-order chi connectivity index (χ1) is 8.75. The Bertz CT molecular complexity index is 472. The highest BCUT2D eigenvalue weighted by atomic mass is 16.2. The van der Waals surface area contributed by atoms with E-state index in [0.717, 1.165) is 12.0 Å². The highest BCUT2D eigenvalue weighted by Gasteiger charge is 2.36. The number of rotatable bonds is 1. The van der Waals surface area contributed by atoms with Crippen LogP contribution in [0.4, 0.5) is 0 Å². The second-order valence-electron chi connectivity index (χ2n) is 4.90. The molecule has 2 fully saturated rings. The number of nitrogens with zero attached hydrogens (tertiary/aromatic N) is 2. The van der Waals surface area contributed by atoms with Crippen LogP contribution in [0.2, 0.25) is 0 Å². The molecule has 4 heteroatoms. The molecular formula is C14H16N2O2. The maximum Gasteiger partial charge on any atom is 0.253 e. The fourth-order valence-electron chi connectivity index (χ4n) is 2.81. The lowest BCUT2D eigenvalue weighted by molar-refractivity contribution is -0.130. The van der Waals surface area contributed by atoms with Gasteiger partial charge in [-0.3, -0.25) is 9.59 Å². The Morgan fingerprint density at radius 1 is 1.17 bits per heavy atom. The number of benzene rings is 1.